The van der Waals surface area contributed by atoms with Gasteiger partial charge in [-0.3, -0.25) is 4.68 Å². The summed E-state index contributed by atoms with van der Waals surface area (Å²) in [4.78, 5) is 3.05. The molecule has 8 heteroatoms. The van der Waals surface area contributed by atoms with Crippen LogP contribution in [0.1, 0.15) is 42.1 Å². The molecule has 0 bridgehead atoms. The second-order valence-electron chi connectivity index (χ2n) is 5.56. The van der Waals surface area contributed by atoms with E-state index in [9.17, 15) is 0 Å². The lowest BCUT2D eigenvalue weighted by Crippen LogP contribution is -2.23. The summed E-state index contributed by atoms with van der Waals surface area (Å²) in [6, 6.07) is -0.348. The third kappa shape index (κ3) is 3.60. The van der Waals surface area contributed by atoms with E-state index < -0.39 is 0 Å². The third-order valence-electron chi connectivity index (χ3n) is 3.26. The molecule has 0 radical (unpaired) electrons. The first-order valence-electron chi connectivity index (χ1n) is 6.85. The first-order chi connectivity index (χ1) is 9.91. The van der Waals surface area contributed by atoms with Crippen molar-refractivity contribution in [2.45, 2.75) is 32.4 Å². The Kier molecular flexibility index (Phi) is 5.32. The average Bonchev–Trinajstić information content (AvgIpc) is 3.02. The van der Waals surface area contributed by atoms with Crippen molar-refractivity contribution in [3.05, 3.63) is 27.5 Å². The Balaban J connectivity index is 2.32. The van der Waals surface area contributed by atoms with Crippen LogP contribution in [0.4, 0.5) is 0 Å². The number of hydrogen-bond acceptors (Lipinski definition) is 6. The van der Waals surface area contributed by atoms with E-state index in [-0.39, 0.29) is 12.0 Å². The number of nitrogens with zero attached hydrogens (tertiary/aromatic N) is 5. The minimum Gasteiger partial charge on any atom is -0.318 e. The van der Waals surface area contributed by atoms with E-state index in [1.165, 1.54) is 11.5 Å². The predicted molar refractivity (Wildman–Crippen MR) is 85.8 cm³/mol. The molecule has 1 unspecified atom stereocenters. The molecule has 0 aliphatic rings. The van der Waals surface area contributed by atoms with Crippen molar-refractivity contribution in [2.75, 3.05) is 20.6 Å². The zero-order chi connectivity index (χ0) is 15.6. The third-order valence-corrected chi connectivity index (χ3v) is 4.37. The minimum atomic E-state index is -0.348. The maximum absolute atomic E-state index is 6.42. The van der Waals surface area contributed by atoms with Gasteiger partial charge >= 0.3 is 0 Å². The van der Waals surface area contributed by atoms with Crippen molar-refractivity contribution in [1.82, 2.24) is 24.3 Å². The van der Waals surface area contributed by atoms with Gasteiger partial charge in [-0.15, -0.1) is 5.10 Å². The topological polar surface area (TPSA) is 72.9 Å². The van der Waals surface area contributed by atoms with Gasteiger partial charge in [-0.25, -0.2) is 0 Å². The average molecular weight is 329 g/mol. The zero-order valence-electron chi connectivity index (χ0n) is 12.7. The Morgan fingerprint density at radius 2 is 2.14 bits per heavy atom. The van der Waals surface area contributed by atoms with Crippen LogP contribution in [0.2, 0.25) is 5.02 Å². The van der Waals surface area contributed by atoms with Crippen LogP contribution in [0, 0.1) is 0 Å². The van der Waals surface area contributed by atoms with Crippen LogP contribution in [0.3, 0.4) is 0 Å². The van der Waals surface area contributed by atoms with Crippen molar-refractivity contribution >= 4 is 23.1 Å². The molecular weight excluding hydrogens is 308 g/mol. The molecule has 0 aliphatic carbocycles. The summed E-state index contributed by atoms with van der Waals surface area (Å²) in [5, 5.41) is 9.11. The summed E-state index contributed by atoms with van der Waals surface area (Å²) < 4.78 is 5.91. The van der Waals surface area contributed by atoms with Crippen LogP contribution >= 0.6 is 23.1 Å². The van der Waals surface area contributed by atoms with Gasteiger partial charge in [0.1, 0.15) is 0 Å². The standard InChI is InChI=1S/C13H21ClN6S/c1-8(2)11-13(21-18-17-11)10(15)12-9(14)7-16-20(12)6-5-19(3)4/h7-8,10H,5-6,15H2,1-4H3. The maximum Gasteiger partial charge on any atom is 0.0867 e. The molecule has 1 atom stereocenters. The molecule has 2 heterocycles. The number of hydrogen-bond donors (Lipinski definition) is 1. The molecule has 21 heavy (non-hydrogen) atoms. The molecule has 0 saturated heterocycles. The molecule has 2 aromatic rings. The van der Waals surface area contributed by atoms with Crippen LogP contribution in [0.25, 0.3) is 0 Å². The highest BCUT2D eigenvalue weighted by molar-refractivity contribution is 7.05. The van der Waals surface area contributed by atoms with Gasteiger partial charge in [0, 0.05) is 6.54 Å². The van der Waals surface area contributed by atoms with Gasteiger partial charge in [0.25, 0.3) is 0 Å². The fraction of sp³-hybridized carbons (Fsp3) is 0.615. The molecule has 2 aromatic heterocycles. The van der Waals surface area contributed by atoms with Crippen LogP contribution in [-0.4, -0.2) is 44.9 Å². The quantitative estimate of drug-likeness (QED) is 0.879. The highest BCUT2D eigenvalue weighted by atomic mass is 35.5. The molecule has 2 N–H and O–H groups in total. The summed E-state index contributed by atoms with van der Waals surface area (Å²) in [7, 11) is 4.05. The second-order valence-corrected chi connectivity index (χ2v) is 6.75. The molecule has 0 amide bonds. The van der Waals surface area contributed by atoms with Crippen LogP contribution in [0.5, 0.6) is 0 Å². The van der Waals surface area contributed by atoms with Gasteiger partial charge in [0.15, 0.2) is 0 Å². The number of aromatic nitrogens is 4. The van der Waals surface area contributed by atoms with E-state index in [1.807, 2.05) is 18.8 Å². The Morgan fingerprint density at radius 1 is 1.43 bits per heavy atom. The summed E-state index contributed by atoms with van der Waals surface area (Å²) in [6.07, 6.45) is 1.65. The van der Waals surface area contributed by atoms with E-state index in [2.05, 4.69) is 33.4 Å². The number of nitrogens with two attached hydrogens (primary N) is 1. The van der Waals surface area contributed by atoms with Crippen molar-refractivity contribution in [1.29, 1.82) is 0 Å². The molecule has 6 nitrogen and oxygen atoms in total. The highest BCUT2D eigenvalue weighted by Gasteiger charge is 2.24. The Hall–Kier alpha value is -1.02. The monoisotopic (exact) mass is 328 g/mol. The van der Waals surface area contributed by atoms with Gasteiger partial charge in [-0.2, -0.15) is 5.10 Å². The summed E-state index contributed by atoms with van der Waals surface area (Å²) >= 11 is 7.62. The second kappa shape index (κ2) is 6.83. The zero-order valence-corrected chi connectivity index (χ0v) is 14.3. The van der Waals surface area contributed by atoms with Crippen molar-refractivity contribution < 1.29 is 0 Å². The van der Waals surface area contributed by atoms with Gasteiger partial charge in [-0.1, -0.05) is 29.9 Å². The fourth-order valence-corrected chi connectivity index (χ4v) is 3.17. The summed E-state index contributed by atoms with van der Waals surface area (Å²) in [5.41, 5.74) is 8.18. The first-order valence-corrected chi connectivity index (χ1v) is 8.00. The molecule has 2 rings (SSSR count). The first kappa shape index (κ1) is 16.4. The van der Waals surface area contributed by atoms with Gasteiger partial charge in [0.05, 0.1) is 40.1 Å². The molecule has 0 fully saturated rings. The SMILES string of the molecule is CC(C)c1nnsc1C(N)c1c(Cl)cnn1CCN(C)C. The van der Waals surface area contributed by atoms with E-state index in [0.29, 0.717) is 5.02 Å². The number of halogens is 1. The highest BCUT2D eigenvalue weighted by Crippen LogP contribution is 2.32. The van der Waals surface area contributed by atoms with E-state index in [0.717, 1.165) is 29.4 Å². The van der Waals surface area contributed by atoms with E-state index >= 15 is 0 Å². The lowest BCUT2D eigenvalue weighted by molar-refractivity contribution is 0.368. The molecule has 0 aliphatic heterocycles. The van der Waals surface area contributed by atoms with Crippen molar-refractivity contribution in [3.63, 3.8) is 0 Å². The molecule has 0 spiro atoms. The minimum absolute atomic E-state index is 0.279. The lowest BCUT2D eigenvalue weighted by atomic mass is 10.0. The van der Waals surface area contributed by atoms with Gasteiger partial charge < -0.3 is 10.6 Å². The van der Waals surface area contributed by atoms with E-state index in [1.54, 1.807) is 6.20 Å². The summed E-state index contributed by atoms with van der Waals surface area (Å²) in [6.45, 7) is 5.78. The van der Waals surface area contributed by atoms with Gasteiger partial charge in [-0.05, 0) is 31.5 Å². The summed E-state index contributed by atoms with van der Waals surface area (Å²) in [5.74, 6) is 0.279. The Morgan fingerprint density at radius 3 is 2.76 bits per heavy atom. The molecule has 0 saturated carbocycles. The largest absolute Gasteiger partial charge is 0.318 e. The smallest absolute Gasteiger partial charge is 0.0867 e. The normalized spacial score (nSPS) is 13.3. The maximum atomic E-state index is 6.42. The van der Waals surface area contributed by atoms with Crippen LogP contribution < -0.4 is 5.73 Å². The van der Waals surface area contributed by atoms with Crippen molar-refractivity contribution in [2.24, 2.45) is 5.73 Å². The Bertz CT molecular complexity index is 591. The molecule has 0 aromatic carbocycles. The van der Waals surface area contributed by atoms with Crippen LogP contribution in [0.15, 0.2) is 6.20 Å². The van der Waals surface area contributed by atoms with Crippen molar-refractivity contribution in [3.8, 4) is 0 Å². The Labute approximate surface area is 134 Å². The van der Waals surface area contributed by atoms with E-state index in [4.69, 9.17) is 17.3 Å². The molecular formula is C13H21ClN6S. The number of rotatable bonds is 6. The molecule has 116 valence electrons. The number of likely N-dealkylation sites (N-methyl/N-ethyl adjacent to an activating group) is 1. The van der Waals surface area contributed by atoms with Gasteiger partial charge in [0.2, 0.25) is 0 Å². The lowest BCUT2D eigenvalue weighted by Gasteiger charge is -2.17. The fourth-order valence-electron chi connectivity index (χ4n) is 2.10. The predicted octanol–water partition coefficient (Wildman–Crippen LogP) is 2.12. The van der Waals surface area contributed by atoms with Crippen LogP contribution in [-0.2, 0) is 6.54 Å².